The van der Waals surface area contributed by atoms with E-state index in [0.29, 0.717) is 22.3 Å². The fraction of sp³-hybridized carbons (Fsp3) is 0.300. The van der Waals surface area contributed by atoms with Crippen LogP contribution in [0.25, 0.3) is 11.1 Å². The lowest BCUT2D eigenvalue weighted by molar-refractivity contribution is -0.113. The van der Waals surface area contributed by atoms with E-state index in [0.717, 1.165) is 30.6 Å². The van der Waals surface area contributed by atoms with Crippen molar-refractivity contribution in [2.45, 2.75) is 41.5 Å². The van der Waals surface area contributed by atoms with Crippen molar-refractivity contribution in [1.29, 1.82) is 0 Å². The summed E-state index contributed by atoms with van der Waals surface area (Å²) in [5, 5.41) is 0. The molecule has 0 amide bonds. The van der Waals surface area contributed by atoms with Crippen molar-refractivity contribution in [1.82, 2.24) is 0 Å². The third-order valence-electron chi connectivity index (χ3n) is 4.57. The minimum Gasteiger partial charge on any atom is -0.289 e. The number of thiophene rings is 2. The predicted octanol–water partition coefficient (Wildman–Crippen LogP) is 5.44. The fourth-order valence-corrected chi connectivity index (χ4v) is 5.08. The van der Waals surface area contributed by atoms with Gasteiger partial charge in [-0.25, -0.2) is 0 Å². The lowest BCUT2D eigenvalue weighted by Crippen LogP contribution is -2.20. The van der Waals surface area contributed by atoms with Crippen molar-refractivity contribution >= 4 is 45.4 Å². The Balaban J connectivity index is 2.39. The van der Waals surface area contributed by atoms with Gasteiger partial charge in [0.1, 0.15) is 0 Å². The van der Waals surface area contributed by atoms with Crippen molar-refractivity contribution in [2.75, 3.05) is 0 Å². The van der Waals surface area contributed by atoms with Gasteiger partial charge in [0, 0.05) is 52.9 Å². The quantitative estimate of drug-likeness (QED) is 0.671. The van der Waals surface area contributed by atoms with Crippen molar-refractivity contribution in [3.63, 3.8) is 0 Å². The van der Waals surface area contributed by atoms with Crippen LogP contribution >= 0.6 is 22.7 Å². The van der Waals surface area contributed by atoms with Crippen LogP contribution in [-0.4, -0.2) is 11.6 Å². The SMILES string of the molecule is CC1=C(C)C(=O)C(c2cc(C)sc2C)=C(c2cc(C)sc2C)C1=O. The Morgan fingerprint density at radius 3 is 1.21 bits per heavy atom. The van der Waals surface area contributed by atoms with E-state index in [1.165, 1.54) is 0 Å². The summed E-state index contributed by atoms with van der Waals surface area (Å²) in [5.41, 5.74) is 4.08. The number of ketones is 2. The molecule has 4 heteroatoms. The molecule has 0 aliphatic heterocycles. The van der Waals surface area contributed by atoms with Crippen LogP contribution in [-0.2, 0) is 9.59 Å². The Morgan fingerprint density at radius 1 is 0.625 bits per heavy atom. The summed E-state index contributed by atoms with van der Waals surface area (Å²) >= 11 is 3.33. The van der Waals surface area contributed by atoms with Gasteiger partial charge < -0.3 is 0 Å². The second-order valence-corrected chi connectivity index (χ2v) is 9.23. The summed E-state index contributed by atoms with van der Waals surface area (Å²) in [4.78, 5) is 30.6. The van der Waals surface area contributed by atoms with Gasteiger partial charge >= 0.3 is 0 Å². The molecule has 0 aromatic carbocycles. The Morgan fingerprint density at radius 2 is 0.958 bits per heavy atom. The number of Topliss-reactive ketones (excluding diaryl/α,β-unsaturated/α-hetero) is 2. The number of allylic oxidation sites excluding steroid dienone is 4. The van der Waals surface area contributed by atoms with E-state index in [1.807, 2.05) is 39.8 Å². The maximum absolute atomic E-state index is 13.1. The van der Waals surface area contributed by atoms with Gasteiger partial charge in [-0.05, 0) is 53.7 Å². The van der Waals surface area contributed by atoms with E-state index in [-0.39, 0.29) is 11.6 Å². The maximum atomic E-state index is 13.1. The lowest BCUT2D eigenvalue weighted by Gasteiger charge is -2.21. The molecule has 3 rings (SSSR count). The van der Waals surface area contributed by atoms with Gasteiger partial charge in [-0.2, -0.15) is 0 Å². The highest BCUT2D eigenvalue weighted by atomic mass is 32.1. The summed E-state index contributed by atoms with van der Waals surface area (Å²) in [6, 6.07) is 4.06. The summed E-state index contributed by atoms with van der Waals surface area (Å²) in [5.74, 6) is -0.0440. The van der Waals surface area contributed by atoms with Crippen molar-refractivity contribution in [3.05, 3.63) is 53.9 Å². The van der Waals surface area contributed by atoms with E-state index in [4.69, 9.17) is 0 Å². The highest BCUT2D eigenvalue weighted by Gasteiger charge is 2.34. The van der Waals surface area contributed by atoms with Crippen molar-refractivity contribution in [2.24, 2.45) is 0 Å². The first-order valence-corrected chi connectivity index (χ1v) is 9.51. The molecule has 0 saturated carbocycles. The molecule has 24 heavy (non-hydrogen) atoms. The van der Waals surface area contributed by atoms with Crippen LogP contribution in [0.1, 0.15) is 44.5 Å². The predicted molar refractivity (Wildman–Crippen MR) is 103 cm³/mol. The smallest absolute Gasteiger partial charge is 0.190 e. The fourth-order valence-electron chi connectivity index (χ4n) is 3.21. The van der Waals surface area contributed by atoms with Crippen molar-refractivity contribution in [3.8, 4) is 0 Å². The van der Waals surface area contributed by atoms with E-state index in [1.54, 1.807) is 36.5 Å². The van der Waals surface area contributed by atoms with E-state index in [9.17, 15) is 9.59 Å². The first kappa shape index (κ1) is 17.1. The van der Waals surface area contributed by atoms with E-state index >= 15 is 0 Å². The zero-order valence-electron chi connectivity index (χ0n) is 14.8. The molecule has 0 fully saturated rings. The molecule has 0 atom stereocenters. The van der Waals surface area contributed by atoms with Gasteiger partial charge in [0.25, 0.3) is 0 Å². The molecule has 2 nitrogen and oxygen atoms in total. The molecule has 0 bridgehead atoms. The standard InChI is InChI=1S/C20H20O2S2/c1-9-7-15(13(5)23-9)17-18(16-8-10(2)24-14(16)6)20(22)12(4)11(3)19(17)21/h7-8H,1-6H3. The molecule has 1 aliphatic rings. The zero-order valence-corrected chi connectivity index (χ0v) is 16.4. The number of carbonyl (C=O) groups excluding carboxylic acids is 2. The third kappa shape index (κ3) is 2.54. The number of hydrogen-bond acceptors (Lipinski definition) is 4. The molecule has 2 heterocycles. The van der Waals surface area contributed by atoms with Gasteiger partial charge in [-0.1, -0.05) is 0 Å². The van der Waals surface area contributed by atoms with Crippen molar-refractivity contribution < 1.29 is 9.59 Å². The van der Waals surface area contributed by atoms with Crippen LogP contribution in [0.3, 0.4) is 0 Å². The largest absolute Gasteiger partial charge is 0.289 e. The molecule has 0 N–H and O–H groups in total. The van der Waals surface area contributed by atoms with Gasteiger partial charge in [0.15, 0.2) is 11.6 Å². The molecule has 2 aromatic rings. The van der Waals surface area contributed by atoms with Crippen LogP contribution < -0.4 is 0 Å². The topological polar surface area (TPSA) is 34.1 Å². The summed E-state index contributed by atoms with van der Waals surface area (Å²) in [6.45, 7) is 11.6. The summed E-state index contributed by atoms with van der Waals surface area (Å²) in [6.07, 6.45) is 0. The first-order chi connectivity index (χ1) is 11.2. The average molecular weight is 357 g/mol. The molecular weight excluding hydrogens is 336 g/mol. The van der Waals surface area contributed by atoms with E-state index < -0.39 is 0 Å². The van der Waals surface area contributed by atoms with Gasteiger partial charge in [-0.15, -0.1) is 22.7 Å². The van der Waals surface area contributed by atoms with Crippen LogP contribution in [0.4, 0.5) is 0 Å². The number of hydrogen-bond donors (Lipinski definition) is 0. The minimum absolute atomic E-state index is 0.0220. The monoisotopic (exact) mass is 356 g/mol. The molecule has 0 unspecified atom stereocenters. The second-order valence-electron chi connectivity index (χ2n) is 6.31. The molecular formula is C20H20O2S2. The summed E-state index contributed by atoms with van der Waals surface area (Å²) < 4.78 is 0. The molecule has 124 valence electrons. The van der Waals surface area contributed by atoms with Gasteiger partial charge in [-0.3, -0.25) is 9.59 Å². The minimum atomic E-state index is -0.0220. The van der Waals surface area contributed by atoms with Gasteiger partial charge in [0.05, 0.1) is 0 Å². The Hall–Kier alpha value is -1.78. The highest BCUT2D eigenvalue weighted by Crippen LogP contribution is 2.41. The Bertz CT molecular complexity index is 872. The molecule has 0 radical (unpaired) electrons. The lowest BCUT2D eigenvalue weighted by atomic mass is 9.79. The van der Waals surface area contributed by atoms with Crippen LogP contribution in [0.2, 0.25) is 0 Å². The normalized spacial score (nSPS) is 15.8. The van der Waals surface area contributed by atoms with Crippen LogP contribution in [0.5, 0.6) is 0 Å². The first-order valence-electron chi connectivity index (χ1n) is 7.88. The van der Waals surface area contributed by atoms with E-state index in [2.05, 4.69) is 0 Å². The molecule has 1 aliphatic carbocycles. The number of carbonyl (C=O) groups is 2. The average Bonchev–Trinajstić information content (AvgIpc) is 3.01. The highest BCUT2D eigenvalue weighted by molar-refractivity contribution is 7.12. The Kier molecular flexibility index (Phi) is 4.22. The molecule has 2 aromatic heterocycles. The van der Waals surface area contributed by atoms with Crippen LogP contribution in [0.15, 0.2) is 23.3 Å². The number of aryl methyl sites for hydroxylation is 4. The van der Waals surface area contributed by atoms with Crippen LogP contribution in [0, 0.1) is 27.7 Å². The third-order valence-corrected chi connectivity index (χ3v) is 6.50. The Labute approximate surface area is 150 Å². The second kappa shape index (κ2) is 5.94. The zero-order chi connectivity index (χ0) is 17.8. The summed E-state index contributed by atoms with van der Waals surface area (Å²) in [7, 11) is 0. The molecule has 0 spiro atoms. The number of rotatable bonds is 2. The van der Waals surface area contributed by atoms with Gasteiger partial charge in [0.2, 0.25) is 0 Å². The maximum Gasteiger partial charge on any atom is 0.190 e. The molecule has 0 saturated heterocycles.